The van der Waals surface area contributed by atoms with E-state index in [2.05, 4.69) is 10.3 Å². The van der Waals surface area contributed by atoms with Crippen LogP contribution >= 0.6 is 12.4 Å². The molecule has 1 aromatic rings. The number of nitrogens with zero attached hydrogens (tertiary/aromatic N) is 1. The second-order valence-corrected chi connectivity index (χ2v) is 5.30. The molecule has 0 aromatic carbocycles. The van der Waals surface area contributed by atoms with Gasteiger partial charge in [-0.05, 0) is 43.2 Å². The number of hydrogen-bond acceptors (Lipinski definition) is 4. The topological polar surface area (TPSA) is 88.2 Å². The Morgan fingerprint density at radius 2 is 2.16 bits per heavy atom. The average molecular weight is 284 g/mol. The summed E-state index contributed by atoms with van der Waals surface area (Å²) in [7, 11) is 0. The van der Waals surface area contributed by atoms with Gasteiger partial charge in [0.2, 0.25) is 5.91 Å². The van der Waals surface area contributed by atoms with Gasteiger partial charge in [0, 0.05) is 12.2 Å². The van der Waals surface area contributed by atoms with Gasteiger partial charge in [-0.2, -0.15) is 0 Å². The third kappa shape index (κ3) is 2.40. The highest BCUT2D eigenvalue weighted by molar-refractivity contribution is 5.93. The summed E-state index contributed by atoms with van der Waals surface area (Å²) in [4.78, 5) is 16.2. The van der Waals surface area contributed by atoms with Crippen LogP contribution in [-0.4, -0.2) is 22.0 Å². The smallest absolute Gasteiger partial charge is 0.230 e. The molecule has 0 spiro atoms. The molecule has 0 aliphatic heterocycles. The first-order valence-corrected chi connectivity index (χ1v) is 6.37. The Kier molecular flexibility index (Phi) is 3.96. The van der Waals surface area contributed by atoms with E-state index in [1.807, 2.05) is 0 Å². The van der Waals surface area contributed by atoms with Crippen molar-refractivity contribution in [3.05, 3.63) is 18.3 Å². The third-order valence-corrected chi connectivity index (χ3v) is 4.31. The van der Waals surface area contributed by atoms with E-state index in [1.54, 1.807) is 6.07 Å². The Morgan fingerprint density at radius 1 is 1.42 bits per heavy atom. The number of anilines is 1. The average Bonchev–Trinajstić information content (AvgIpc) is 2.92. The molecule has 19 heavy (non-hydrogen) atoms. The molecule has 4 N–H and O–H groups in total. The Hall–Kier alpha value is -1.33. The van der Waals surface area contributed by atoms with Crippen molar-refractivity contribution in [2.75, 3.05) is 5.32 Å². The maximum absolute atomic E-state index is 12.2. The van der Waals surface area contributed by atoms with Gasteiger partial charge in [0.1, 0.15) is 0 Å². The molecule has 4 atom stereocenters. The summed E-state index contributed by atoms with van der Waals surface area (Å²) < 4.78 is 0. The molecule has 104 valence electrons. The number of hydrogen-bond donors (Lipinski definition) is 3. The van der Waals surface area contributed by atoms with Gasteiger partial charge in [-0.15, -0.1) is 12.4 Å². The molecular formula is C13H18ClN3O2. The highest BCUT2D eigenvalue weighted by Gasteiger charge is 2.49. The molecule has 3 rings (SSSR count). The lowest BCUT2D eigenvalue weighted by atomic mass is 9.84. The largest absolute Gasteiger partial charge is 0.504 e. The van der Waals surface area contributed by atoms with Gasteiger partial charge in [-0.3, -0.25) is 4.79 Å². The molecule has 2 aliphatic rings. The monoisotopic (exact) mass is 283 g/mol. The predicted molar refractivity (Wildman–Crippen MR) is 74.1 cm³/mol. The number of aromatic hydroxyl groups is 1. The lowest BCUT2D eigenvalue weighted by molar-refractivity contribution is -0.121. The van der Waals surface area contributed by atoms with Crippen LogP contribution in [0.1, 0.15) is 19.3 Å². The van der Waals surface area contributed by atoms with Gasteiger partial charge in [0.25, 0.3) is 0 Å². The van der Waals surface area contributed by atoms with Gasteiger partial charge in [0.05, 0.1) is 5.92 Å². The number of amides is 1. The number of fused-ring (bicyclic) bond motifs is 2. The van der Waals surface area contributed by atoms with Gasteiger partial charge in [0.15, 0.2) is 11.6 Å². The Bertz CT molecular complexity index is 481. The second kappa shape index (κ2) is 5.35. The van der Waals surface area contributed by atoms with Crippen molar-refractivity contribution in [1.29, 1.82) is 0 Å². The highest BCUT2D eigenvalue weighted by Crippen LogP contribution is 2.47. The van der Waals surface area contributed by atoms with E-state index in [9.17, 15) is 9.90 Å². The maximum Gasteiger partial charge on any atom is 0.230 e. The van der Waals surface area contributed by atoms with Crippen molar-refractivity contribution in [2.24, 2.45) is 23.5 Å². The van der Waals surface area contributed by atoms with E-state index in [-0.39, 0.29) is 41.8 Å². The molecule has 5 nitrogen and oxygen atoms in total. The predicted octanol–water partition coefficient (Wildman–Crippen LogP) is 1.52. The number of carbonyl (C=O) groups is 1. The Labute approximate surface area is 118 Å². The van der Waals surface area contributed by atoms with Crippen molar-refractivity contribution in [3.8, 4) is 5.75 Å². The summed E-state index contributed by atoms with van der Waals surface area (Å²) >= 11 is 0. The quantitative estimate of drug-likeness (QED) is 0.768. The summed E-state index contributed by atoms with van der Waals surface area (Å²) in [5.41, 5.74) is 6.11. The zero-order chi connectivity index (χ0) is 12.7. The first-order valence-electron chi connectivity index (χ1n) is 6.37. The van der Waals surface area contributed by atoms with Crippen LogP contribution in [0.4, 0.5) is 5.82 Å². The summed E-state index contributed by atoms with van der Waals surface area (Å²) in [5.74, 6) is 0.854. The molecule has 6 heteroatoms. The molecule has 2 bridgehead atoms. The number of aromatic nitrogens is 1. The van der Waals surface area contributed by atoms with Gasteiger partial charge in [-0.1, -0.05) is 0 Å². The van der Waals surface area contributed by atoms with Crippen LogP contribution in [0.25, 0.3) is 0 Å². The Balaban J connectivity index is 0.00000133. The zero-order valence-electron chi connectivity index (χ0n) is 10.5. The number of nitrogens with one attached hydrogen (secondary N) is 1. The standard InChI is InChI=1S/C13H17N3O2.ClH/c14-11-8-4-3-7(6-8)10(11)13(18)16-12-9(17)2-1-5-15-12;/h1-2,5,7-8,10-11,17H,3-4,6,14H2,(H,15,16,18);1H. The second-order valence-electron chi connectivity index (χ2n) is 5.30. The van der Waals surface area contributed by atoms with Crippen LogP contribution in [0.3, 0.4) is 0 Å². The molecule has 0 saturated heterocycles. The summed E-state index contributed by atoms with van der Waals surface area (Å²) in [6, 6.07) is 3.08. The first kappa shape index (κ1) is 14.1. The van der Waals surface area contributed by atoms with Crippen molar-refractivity contribution in [2.45, 2.75) is 25.3 Å². The lowest BCUT2D eigenvalue weighted by Gasteiger charge is -2.26. The third-order valence-electron chi connectivity index (χ3n) is 4.31. The van der Waals surface area contributed by atoms with E-state index >= 15 is 0 Å². The molecule has 4 unspecified atom stereocenters. The van der Waals surface area contributed by atoms with Gasteiger partial charge >= 0.3 is 0 Å². The Morgan fingerprint density at radius 3 is 2.79 bits per heavy atom. The van der Waals surface area contributed by atoms with Crippen molar-refractivity contribution in [3.63, 3.8) is 0 Å². The van der Waals surface area contributed by atoms with Crippen LogP contribution in [0.15, 0.2) is 18.3 Å². The summed E-state index contributed by atoms with van der Waals surface area (Å²) in [5, 5.41) is 12.3. The molecule has 2 aliphatic carbocycles. The number of pyridine rings is 1. The van der Waals surface area contributed by atoms with Crippen LogP contribution < -0.4 is 11.1 Å². The minimum atomic E-state index is -0.134. The molecule has 2 fully saturated rings. The minimum absolute atomic E-state index is 0. The van der Waals surface area contributed by atoms with E-state index in [1.165, 1.54) is 12.3 Å². The fourth-order valence-corrected chi connectivity index (χ4v) is 3.42. The van der Waals surface area contributed by atoms with Crippen LogP contribution in [0, 0.1) is 17.8 Å². The minimum Gasteiger partial charge on any atom is -0.504 e. The molecule has 1 aromatic heterocycles. The fourth-order valence-electron chi connectivity index (χ4n) is 3.42. The number of nitrogens with two attached hydrogens (primary N) is 1. The lowest BCUT2D eigenvalue weighted by Crippen LogP contribution is -2.42. The molecule has 2 saturated carbocycles. The summed E-state index contributed by atoms with van der Waals surface area (Å²) in [6.45, 7) is 0. The van der Waals surface area contributed by atoms with E-state index in [0.717, 1.165) is 19.3 Å². The number of carbonyl (C=O) groups excluding carboxylic acids is 1. The fraction of sp³-hybridized carbons (Fsp3) is 0.538. The van der Waals surface area contributed by atoms with E-state index < -0.39 is 0 Å². The first-order chi connectivity index (χ1) is 8.66. The van der Waals surface area contributed by atoms with Crippen molar-refractivity contribution < 1.29 is 9.90 Å². The maximum atomic E-state index is 12.2. The van der Waals surface area contributed by atoms with Crippen molar-refractivity contribution >= 4 is 24.1 Å². The van der Waals surface area contributed by atoms with Crippen molar-refractivity contribution in [1.82, 2.24) is 4.98 Å². The molecule has 1 amide bonds. The van der Waals surface area contributed by atoms with Crippen LogP contribution in [0.5, 0.6) is 5.75 Å². The van der Waals surface area contributed by atoms with Gasteiger partial charge in [-0.25, -0.2) is 4.98 Å². The van der Waals surface area contributed by atoms with E-state index in [4.69, 9.17) is 5.73 Å². The van der Waals surface area contributed by atoms with E-state index in [0.29, 0.717) is 11.8 Å². The number of rotatable bonds is 2. The van der Waals surface area contributed by atoms with Gasteiger partial charge < -0.3 is 16.2 Å². The highest BCUT2D eigenvalue weighted by atomic mass is 35.5. The van der Waals surface area contributed by atoms with Crippen LogP contribution in [0.2, 0.25) is 0 Å². The normalized spacial score (nSPS) is 31.8. The summed E-state index contributed by atoms with van der Waals surface area (Å²) in [6.07, 6.45) is 4.83. The molecular weight excluding hydrogens is 266 g/mol. The number of halogens is 1. The molecule has 1 heterocycles. The molecule has 0 radical (unpaired) electrons. The zero-order valence-corrected chi connectivity index (χ0v) is 11.3. The van der Waals surface area contributed by atoms with Crippen LogP contribution in [-0.2, 0) is 4.79 Å². The SMILES string of the molecule is Cl.NC1C2CCC(C2)C1C(=O)Nc1ncccc1O.